The van der Waals surface area contributed by atoms with Crippen LogP contribution in [0, 0.1) is 0 Å². The van der Waals surface area contributed by atoms with Crippen LogP contribution in [0.4, 0.5) is 0 Å². The molecule has 2 aromatic carbocycles. The molecule has 1 aliphatic heterocycles. The fourth-order valence-corrected chi connectivity index (χ4v) is 3.88. The zero-order valence-corrected chi connectivity index (χ0v) is 14.6. The van der Waals surface area contributed by atoms with Crippen LogP contribution in [-0.4, -0.2) is 19.8 Å². The molecule has 0 bridgehead atoms. The Morgan fingerprint density at radius 3 is 2.48 bits per heavy atom. The molecule has 2 atom stereocenters. The van der Waals surface area contributed by atoms with Crippen molar-refractivity contribution in [3.63, 3.8) is 0 Å². The molecule has 0 N–H and O–H groups in total. The van der Waals surface area contributed by atoms with Gasteiger partial charge in [0, 0.05) is 17.3 Å². The van der Waals surface area contributed by atoms with Crippen LogP contribution in [-0.2, 0) is 10.5 Å². The minimum absolute atomic E-state index is 0.387. The molecule has 1 heterocycles. The summed E-state index contributed by atoms with van der Waals surface area (Å²) in [5.41, 5.74) is 2.77. The molecule has 0 aromatic heterocycles. The second-order valence-electron chi connectivity index (χ2n) is 6.11. The zero-order valence-electron chi connectivity index (χ0n) is 13.8. The Kier molecular flexibility index (Phi) is 5.63. The van der Waals surface area contributed by atoms with E-state index in [1.807, 2.05) is 23.9 Å². The Labute approximate surface area is 143 Å². The smallest absolute Gasteiger partial charge is 0.118 e. The summed E-state index contributed by atoms with van der Waals surface area (Å²) in [6.45, 7) is 3.06. The van der Waals surface area contributed by atoms with Crippen LogP contribution in [0.3, 0.4) is 0 Å². The first-order valence-corrected chi connectivity index (χ1v) is 9.20. The van der Waals surface area contributed by atoms with Gasteiger partial charge in [-0.3, -0.25) is 0 Å². The van der Waals surface area contributed by atoms with Gasteiger partial charge in [-0.15, -0.1) is 11.8 Å². The standard InChI is InChI=1S/C20H24O2S/c1-15-13-18(11-12-22-15)17-5-9-20(10-6-17)23-14-16-3-7-19(21-2)8-4-16/h3-10,15,18H,11-14H2,1-2H3/t15-,18+/m0/s1. The predicted octanol–water partition coefficient (Wildman–Crippen LogP) is 5.27. The number of thioether (sulfide) groups is 1. The molecular formula is C20H24O2S. The molecule has 3 rings (SSSR count). The van der Waals surface area contributed by atoms with E-state index in [9.17, 15) is 0 Å². The lowest BCUT2D eigenvalue weighted by Gasteiger charge is -2.27. The average Bonchev–Trinajstić information content (AvgIpc) is 2.61. The molecule has 0 aliphatic carbocycles. The van der Waals surface area contributed by atoms with Gasteiger partial charge >= 0.3 is 0 Å². The maximum atomic E-state index is 5.64. The van der Waals surface area contributed by atoms with Crippen LogP contribution in [0.15, 0.2) is 53.4 Å². The summed E-state index contributed by atoms with van der Waals surface area (Å²) in [6, 6.07) is 17.4. The molecule has 2 nitrogen and oxygen atoms in total. The first-order chi connectivity index (χ1) is 11.2. The first-order valence-electron chi connectivity index (χ1n) is 8.22. The van der Waals surface area contributed by atoms with Crippen LogP contribution in [0.5, 0.6) is 5.75 Å². The highest BCUT2D eigenvalue weighted by Gasteiger charge is 2.20. The minimum atomic E-state index is 0.387. The van der Waals surface area contributed by atoms with Crippen LogP contribution >= 0.6 is 11.8 Å². The summed E-state index contributed by atoms with van der Waals surface area (Å²) >= 11 is 1.88. The largest absolute Gasteiger partial charge is 0.497 e. The van der Waals surface area contributed by atoms with Crippen molar-refractivity contribution in [2.24, 2.45) is 0 Å². The molecule has 1 fully saturated rings. The zero-order chi connectivity index (χ0) is 16.1. The molecule has 2 aromatic rings. The van der Waals surface area contributed by atoms with E-state index < -0.39 is 0 Å². The summed E-state index contributed by atoms with van der Waals surface area (Å²) in [4.78, 5) is 1.32. The number of benzene rings is 2. The van der Waals surface area contributed by atoms with Crippen molar-refractivity contribution < 1.29 is 9.47 Å². The number of methoxy groups -OCH3 is 1. The van der Waals surface area contributed by atoms with Crippen molar-refractivity contribution in [3.8, 4) is 5.75 Å². The molecule has 1 saturated heterocycles. The average molecular weight is 328 g/mol. The van der Waals surface area contributed by atoms with E-state index in [2.05, 4.69) is 43.3 Å². The number of hydrogen-bond acceptors (Lipinski definition) is 3. The second-order valence-corrected chi connectivity index (χ2v) is 7.16. The van der Waals surface area contributed by atoms with Crippen LogP contribution in [0.1, 0.15) is 36.8 Å². The molecule has 0 spiro atoms. The lowest BCUT2D eigenvalue weighted by molar-refractivity contribution is 0.0186. The number of ether oxygens (including phenoxy) is 2. The van der Waals surface area contributed by atoms with Gasteiger partial charge in [-0.2, -0.15) is 0 Å². The summed E-state index contributed by atoms with van der Waals surface area (Å²) in [6.07, 6.45) is 2.67. The lowest BCUT2D eigenvalue weighted by Crippen LogP contribution is -2.21. The van der Waals surface area contributed by atoms with Crippen molar-refractivity contribution in [2.45, 2.75) is 42.4 Å². The van der Waals surface area contributed by atoms with E-state index in [0.29, 0.717) is 12.0 Å². The van der Waals surface area contributed by atoms with Crippen molar-refractivity contribution in [2.75, 3.05) is 13.7 Å². The molecule has 23 heavy (non-hydrogen) atoms. The molecule has 0 unspecified atom stereocenters. The van der Waals surface area contributed by atoms with Crippen molar-refractivity contribution in [1.82, 2.24) is 0 Å². The number of hydrogen-bond donors (Lipinski definition) is 0. The highest BCUT2D eigenvalue weighted by atomic mass is 32.2. The Morgan fingerprint density at radius 1 is 1.09 bits per heavy atom. The van der Waals surface area contributed by atoms with Gasteiger partial charge in [0.25, 0.3) is 0 Å². The monoisotopic (exact) mass is 328 g/mol. The van der Waals surface area contributed by atoms with E-state index in [-0.39, 0.29) is 0 Å². The Hall–Kier alpha value is -1.45. The normalized spacial score (nSPS) is 21.1. The maximum absolute atomic E-state index is 5.64. The van der Waals surface area contributed by atoms with Crippen LogP contribution in [0.25, 0.3) is 0 Å². The molecule has 1 aliphatic rings. The molecular weight excluding hydrogens is 304 g/mol. The second kappa shape index (κ2) is 7.89. The molecule has 122 valence electrons. The van der Waals surface area contributed by atoms with E-state index in [0.717, 1.165) is 31.0 Å². The van der Waals surface area contributed by atoms with Gasteiger partial charge in [-0.25, -0.2) is 0 Å². The van der Waals surface area contributed by atoms with Gasteiger partial charge in [-0.05, 0) is 61.1 Å². The van der Waals surface area contributed by atoms with E-state index >= 15 is 0 Å². The molecule has 0 saturated carbocycles. The molecule has 0 amide bonds. The fraction of sp³-hybridized carbons (Fsp3) is 0.400. The van der Waals surface area contributed by atoms with Crippen molar-refractivity contribution in [1.29, 1.82) is 0 Å². The fourth-order valence-electron chi connectivity index (χ4n) is 3.03. The Balaban J connectivity index is 1.56. The van der Waals surface area contributed by atoms with E-state index in [4.69, 9.17) is 9.47 Å². The van der Waals surface area contributed by atoms with Gasteiger partial charge in [0.05, 0.1) is 13.2 Å². The van der Waals surface area contributed by atoms with Crippen molar-refractivity contribution >= 4 is 11.8 Å². The first kappa shape index (κ1) is 16.4. The molecule has 0 radical (unpaired) electrons. The predicted molar refractivity (Wildman–Crippen MR) is 96.4 cm³/mol. The third-order valence-corrected chi connectivity index (χ3v) is 5.48. The third-order valence-electron chi connectivity index (χ3n) is 4.40. The lowest BCUT2D eigenvalue weighted by atomic mass is 9.89. The summed E-state index contributed by atoms with van der Waals surface area (Å²) in [5, 5.41) is 0. The highest BCUT2D eigenvalue weighted by molar-refractivity contribution is 7.98. The van der Waals surface area contributed by atoms with Gasteiger partial charge in [0.15, 0.2) is 0 Å². The van der Waals surface area contributed by atoms with Crippen LogP contribution in [0.2, 0.25) is 0 Å². The maximum Gasteiger partial charge on any atom is 0.118 e. The Morgan fingerprint density at radius 2 is 1.83 bits per heavy atom. The van der Waals surface area contributed by atoms with Crippen molar-refractivity contribution in [3.05, 3.63) is 59.7 Å². The molecule has 3 heteroatoms. The van der Waals surface area contributed by atoms with Gasteiger partial charge < -0.3 is 9.47 Å². The summed E-state index contributed by atoms with van der Waals surface area (Å²) in [5.74, 6) is 2.55. The highest BCUT2D eigenvalue weighted by Crippen LogP contribution is 2.32. The summed E-state index contributed by atoms with van der Waals surface area (Å²) in [7, 11) is 1.70. The minimum Gasteiger partial charge on any atom is -0.497 e. The number of rotatable bonds is 5. The SMILES string of the molecule is COc1ccc(CSc2ccc([C@@H]3CCO[C@@H](C)C3)cc2)cc1. The van der Waals surface area contributed by atoms with Crippen LogP contribution < -0.4 is 4.74 Å². The Bertz CT molecular complexity index is 607. The topological polar surface area (TPSA) is 18.5 Å². The summed E-state index contributed by atoms with van der Waals surface area (Å²) < 4.78 is 10.8. The van der Waals surface area contributed by atoms with Gasteiger partial charge in [-0.1, -0.05) is 24.3 Å². The van der Waals surface area contributed by atoms with E-state index in [1.54, 1.807) is 7.11 Å². The third kappa shape index (κ3) is 4.52. The van der Waals surface area contributed by atoms with Gasteiger partial charge in [0.1, 0.15) is 5.75 Å². The van der Waals surface area contributed by atoms with Gasteiger partial charge in [0.2, 0.25) is 0 Å². The van der Waals surface area contributed by atoms with E-state index in [1.165, 1.54) is 16.0 Å². The quantitative estimate of drug-likeness (QED) is 0.697.